The smallest absolute Gasteiger partial charge is 0.265 e. The highest BCUT2D eigenvalue weighted by Gasteiger charge is 2.15. The van der Waals surface area contributed by atoms with Crippen LogP contribution in [0, 0.1) is 0 Å². The fourth-order valence-corrected chi connectivity index (χ4v) is 2.42. The van der Waals surface area contributed by atoms with E-state index < -0.39 is 10.0 Å². The number of rotatable bonds is 6. The monoisotopic (exact) mass is 312 g/mol. The van der Waals surface area contributed by atoms with Crippen LogP contribution < -0.4 is 15.2 Å². The molecular formula is C11H12N4O3S2. The average Bonchev–Trinajstić information content (AvgIpc) is 2.91. The minimum Gasteiger partial charge on any atom is -0.486 e. The number of aromatic nitrogens is 2. The Balaban J connectivity index is 2.14. The van der Waals surface area contributed by atoms with Crippen molar-refractivity contribution in [2.45, 2.75) is 4.90 Å². The summed E-state index contributed by atoms with van der Waals surface area (Å²) in [6.07, 6.45) is 2.51. The Morgan fingerprint density at radius 2 is 2.30 bits per heavy atom. The van der Waals surface area contributed by atoms with Crippen LogP contribution in [0.4, 0.5) is 5.69 Å². The molecule has 0 fully saturated rings. The van der Waals surface area contributed by atoms with E-state index in [9.17, 15) is 8.42 Å². The van der Waals surface area contributed by atoms with Gasteiger partial charge in [-0.2, -0.15) is 5.10 Å². The highest BCUT2D eigenvalue weighted by molar-refractivity contribution is 7.92. The fraction of sp³-hybridized carbons (Fsp3) is 0.0909. The number of H-pyrrole nitrogens is 1. The van der Waals surface area contributed by atoms with E-state index in [-0.39, 0.29) is 16.5 Å². The molecule has 2 rings (SSSR count). The molecule has 1 aromatic carbocycles. The van der Waals surface area contributed by atoms with Gasteiger partial charge in [-0.1, -0.05) is 18.3 Å². The average molecular weight is 312 g/mol. The maximum absolute atomic E-state index is 12.0. The second-order valence-corrected chi connectivity index (χ2v) is 6.03. The lowest BCUT2D eigenvalue weighted by atomic mass is 10.3. The molecule has 0 saturated carbocycles. The molecule has 0 amide bonds. The van der Waals surface area contributed by atoms with Crippen LogP contribution in [0.3, 0.4) is 0 Å². The zero-order valence-corrected chi connectivity index (χ0v) is 11.9. The van der Waals surface area contributed by atoms with Crippen molar-refractivity contribution in [3.8, 4) is 5.75 Å². The van der Waals surface area contributed by atoms with Crippen LogP contribution in [0.5, 0.6) is 5.75 Å². The highest BCUT2D eigenvalue weighted by Crippen LogP contribution is 2.20. The number of thiocarbonyl (C=S) groups is 1. The molecule has 0 unspecified atom stereocenters. The molecule has 0 atom stereocenters. The summed E-state index contributed by atoms with van der Waals surface area (Å²) in [5, 5.41) is 6.04. The van der Waals surface area contributed by atoms with Crippen LogP contribution in [0.15, 0.2) is 41.6 Å². The van der Waals surface area contributed by atoms with Crippen LogP contribution in [0.2, 0.25) is 0 Å². The van der Waals surface area contributed by atoms with Gasteiger partial charge < -0.3 is 10.5 Å². The molecule has 1 aromatic heterocycles. The summed E-state index contributed by atoms with van der Waals surface area (Å²) in [7, 11) is -3.67. The van der Waals surface area contributed by atoms with E-state index in [0.29, 0.717) is 11.4 Å². The number of nitrogens with two attached hydrogens (primary N) is 1. The number of benzene rings is 1. The van der Waals surface area contributed by atoms with Crippen molar-refractivity contribution in [2.75, 3.05) is 11.3 Å². The van der Waals surface area contributed by atoms with Crippen LogP contribution in [0.25, 0.3) is 0 Å². The minimum atomic E-state index is -3.67. The van der Waals surface area contributed by atoms with Crippen molar-refractivity contribution in [2.24, 2.45) is 5.73 Å². The standard InChI is InChI=1S/C11H12N4O3S2/c12-11(19)7-18-9-3-1-2-8(4-9)15-20(16,17)10-5-13-14-6-10/h1-6,15H,7H2,(H2,12,19)(H,13,14). The molecule has 20 heavy (non-hydrogen) atoms. The quantitative estimate of drug-likeness (QED) is 0.683. The van der Waals surface area contributed by atoms with Gasteiger partial charge in [0.15, 0.2) is 0 Å². The Bertz CT molecular complexity index is 698. The molecular weight excluding hydrogens is 300 g/mol. The SMILES string of the molecule is NC(=S)COc1cccc(NS(=O)(=O)c2cn[nH]c2)c1. The van der Waals surface area contributed by atoms with Crippen molar-refractivity contribution in [1.29, 1.82) is 0 Å². The first-order chi connectivity index (χ1) is 9.47. The molecule has 4 N–H and O–H groups in total. The Morgan fingerprint density at radius 1 is 1.50 bits per heavy atom. The van der Waals surface area contributed by atoms with Crippen LogP contribution >= 0.6 is 12.2 Å². The van der Waals surface area contributed by atoms with Crippen LogP contribution in [0.1, 0.15) is 0 Å². The summed E-state index contributed by atoms with van der Waals surface area (Å²) in [5.41, 5.74) is 5.70. The summed E-state index contributed by atoms with van der Waals surface area (Å²) < 4.78 is 31.7. The molecule has 0 saturated heterocycles. The molecule has 106 valence electrons. The van der Waals surface area contributed by atoms with E-state index in [4.69, 9.17) is 22.7 Å². The fourth-order valence-electron chi connectivity index (χ4n) is 1.40. The lowest BCUT2D eigenvalue weighted by Gasteiger charge is -2.09. The van der Waals surface area contributed by atoms with Gasteiger partial charge in [-0.3, -0.25) is 9.82 Å². The van der Waals surface area contributed by atoms with Gasteiger partial charge in [-0.25, -0.2) is 8.42 Å². The van der Waals surface area contributed by atoms with Crippen molar-refractivity contribution < 1.29 is 13.2 Å². The van der Waals surface area contributed by atoms with E-state index in [2.05, 4.69) is 14.9 Å². The molecule has 9 heteroatoms. The Hall–Kier alpha value is -2.13. The molecule has 0 bridgehead atoms. The molecule has 0 spiro atoms. The van der Waals surface area contributed by atoms with Gasteiger partial charge in [0.1, 0.15) is 22.2 Å². The first kappa shape index (κ1) is 14.3. The second kappa shape index (κ2) is 5.88. The van der Waals surface area contributed by atoms with Gasteiger partial charge in [0.05, 0.1) is 11.9 Å². The normalized spacial score (nSPS) is 11.0. The predicted octanol–water partition coefficient (Wildman–Crippen LogP) is 0.875. The number of hydrogen-bond acceptors (Lipinski definition) is 5. The molecule has 0 aliphatic heterocycles. The molecule has 2 aromatic rings. The van der Waals surface area contributed by atoms with Crippen molar-refractivity contribution in [3.63, 3.8) is 0 Å². The summed E-state index contributed by atoms with van der Waals surface area (Å²) in [6.45, 7) is 0.0905. The summed E-state index contributed by atoms with van der Waals surface area (Å²) in [5.74, 6) is 0.463. The summed E-state index contributed by atoms with van der Waals surface area (Å²) in [4.78, 5) is 0.265. The van der Waals surface area contributed by atoms with E-state index in [1.807, 2.05) is 0 Å². The molecule has 0 radical (unpaired) electrons. The maximum atomic E-state index is 12.0. The first-order valence-electron chi connectivity index (χ1n) is 5.50. The number of anilines is 1. The van der Waals surface area contributed by atoms with Crippen LogP contribution in [-0.4, -0.2) is 30.2 Å². The largest absolute Gasteiger partial charge is 0.486 e. The zero-order valence-electron chi connectivity index (χ0n) is 10.2. The highest BCUT2D eigenvalue weighted by atomic mass is 32.2. The third-order valence-corrected chi connectivity index (χ3v) is 3.72. The first-order valence-corrected chi connectivity index (χ1v) is 7.39. The third-order valence-electron chi connectivity index (χ3n) is 2.25. The van der Waals surface area contributed by atoms with E-state index in [1.165, 1.54) is 18.5 Å². The van der Waals surface area contributed by atoms with Gasteiger partial charge in [-0.15, -0.1) is 0 Å². The lowest BCUT2D eigenvalue weighted by molar-refractivity contribution is 0.378. The number of hydrogen-bond donors (Lipinski definition) is 3. The second-order valence-electron chi connectivity index (χ2n) is 3.82. The van der Waals surface area contributed by atoms with E-state index >= 15 is 0 Å². The summed E-state index contributed by atoms with van der Waals surface area (Å²) in [6, 6.07) is 6.47. The van der Waals surface area contributed by atoms with Gasteiger partial charge in [0.25, 0.3) is 10.0 Å². The zero-order chi connectivity index (χ0) is 14.6. The Labute approximate surface area is 121 Å². The maximum Gasteiger partial charge on any atom is 0.265 e. The molecule has 0 aliphatic carbocycles. The van der Waals surface area contributed by atoms with Gasteiger partial charge in [-0.05, 0) is 12.1 Å². The van der Waals surface area contributed by atoms with E-state index in [0.717, 1.165) is 0 Å². The molecule has 7 nitrogen and oxygen atoms in total. The third kappa shape index (κ3) is 3.68. The lowest BCUT2D eigenvalue weighted by Crippen LogP contribution is -2.18. The number of nitrogens with one attached hydrogen (secondary N) is 2. The van der Waals surface area contributed by atoms with Gasteiger partial charge in [0.2, 0.25) is 0 Å². The van der Waals surface area contributed by atoms with Gasteiger partial charge >= 0.3 is 0 Å². The Kier molecular flexibility index (Phi) is 4.20. The Morgan fingerprint density at radius 3 is 2.95 bits per heavy atom. The number of sulfonamides is 1. The number of aromatic amines is 1. The molecule has 0 aliphatic rings. The van der Waals surface area contributed by atoms with E-state index in [1.54, 1.807) is 18.2 Å². The minimum absolute atomic E-state index is 0.0481. The van der Waals surface area contributed by atoms with Crippen molar-refractivity contribution in [3.05, 3.63) is 36.7 Å². The van der Waals surface area contributed by atoms with Gasteiger partial charge in [0, 0.05) is 12.3 Å². The molecule has 1 heterocycles. The topological polar surface area (TPSA) is 110 Å². The summed E-state index contributed by atoms with van der Waals surface area (Å²) >= 11 is 4.70. The number of ether oxygens (including phenoxy) is 1. The van der Waals surface area contributed by atoms with Crippen LogP contribution in [-0.2, 0) is 10.0 Å². The van der Waals surface area contributed by atoms with Crippen molar-refractivity contribution in [1.82, 2.24) is 10.2 Å². The van der Waals surface area contributed by atoms with Crippen molar-refractivity contribution >= 4 is 32.9 Å². The number of nitrogens with zero attached hydrogens (tertiary/aromatic N) is 1. The predicted molar refractivity (Wildman–Crippen MR) is 78.1 cm³/mol.